The van der Waals surface area contributed by atoms with Crippen LogP contribution in [0.4, 0.5) is 0 Å². The number of aliphatic carboxylic acids is 1. The topological polar surface area (TPSA) is 58.6 Å². The molecule has 0 heterocycles. The van der Waals surface area contributed by atoms with Crippen LogP contribution in [0.5, 0.6) is 5.75 Å². The molecule has 0 spiro atoms. The van der Waals surface area contributed by atoms with E-state index in [1.54, 1.807) is 0 Å². The van der Waals surface area contributed by atoms with Crippen LogP contribution in [0.1, 0.15) is 25.3 Å². The lowest BCUT2D eigenvalue weighted by Crippen LogP contribution is -2.20. The summed E-state index contributed by atoms with van der Waals surface area (Å²) in [6, 6.07) is 8.03. The van der Waals surface area contributed by atoms with Gasteiger partial charge in [-0.05, 0) is 37.1 Å². The number of carboxylic acids is 1. The number of hydrogen-bond acceptors (Lipinski definition) is 3. The third-order valence-electron chi connectivity index (χ3n) is 2.48. The molecule has 0 aliphatic heterocycles. The second-order valence-corrected chi connectivity index (χ2v) is 4.14. The Morgan fingerprint density at radius 3 is 2.94 bits per heavy atom. The molecular weight excluding hydrogens is 230 g/mol. The quantitative estimate of drug-likeness (QED) is 0.660. The Morgan fingerprint density at radius 1 is 1.39 bits per heavy atom. The zero-order valence-corrected chi connectivity index (χ0v) is 10.8. The number of nitrogens with one attached hydrogen (secondary N) is 1. The first-order valence-corrected chi connectivity index (χ1v) is 6.36. The molecule has 2 N–H and O–H groups in total. The Labute approximate surface area is 108 Å². The van der Waals surface area contributed by atoms with Crippen LogP contribution in [0.2, 0.25) is 0 Å². The molecule has 0 fully saturated rings. The van der Waals surface area contributed by atoms with Crippen LogP contribution in [-0.2, 0) is 11.2 Å². The largest absolute Gasteiger partial charge is 0.494 e. The number of carbonyl (C=O) groups is 1. The number of ether oxygens (including phenoxy) is 1. The van der Waals surface area contributed by atoms with Crippen molar-refractivity contribution in [3.8, 4) is 5.75 Å². The zero-order chi connectivity index (χ0) is 13.2. The molecule has 0 aromatic heterocycles. The molecule has 0 saturated carbocycles. The molecule has 100 valence electrons. The van der Waals surface area contributed by atoms with Crippen LogP contribution >= 0.6 is 0 Å². The highest BCUT2D eigenvalue weighted by Gasteiger charge is 1.98. The Kier molecular flexibility index (Phi) is 6.87. The molecule has 0 amide bonds. The fraction of sp³-hybridized carbons (Fsp3) is 0.500. The van der Waals surface area contributed by atoms with Gasteiger partial charge in [-0.1, -0.05) is 19.1 Å². The first-order valence-electron chi connectivity index (χ1n) is 6.36. The van der Waals surface area contributed by atoms with E-state index in [0.29, 0.717) is 6.54 Å². The van der Waals surface area contributed by atoms with Crippen LogP contribution in [0.15, 0.2) is 24.3 Å². The lowest BCUT2D eigenvalue weighted by molar-refractivity contribution is -0.136. The number of benzene rings is 1. The average Bonchev–Trinajstić information content (AvgIpc) is 2.36. The van der Waals surface area contributed by atoms with Crippen molar-refractivity contribution in [2.24, 2.45) is 0 Å². The lowest BCUT2D eigenvalue weighted by atomic mass is 10.1. The van der Waals surface area contributed by atoms with Crippen molar-refractivity contribution in [2.75, 3.05) is 19.7 Å². The highest BCUT2D eigenvalue weighted by molar-refractivity contribution is 5.66. The number of hydrogen-bond donors (Lipinski definition) is 2. The standard InChI is InChI=1S/C14H21NO3/c1-2-10-18-13-5-3-4-12(11-13)6-8-15-9-7-14(16)17/h3-5,11,15H,2,6-10H2,1H3,(H,16,17). The summed E-state index contributed by atoms with van der Waals surface area (Å²) in [6.45, 7) is 4.11. The van der Waals surface area contributed by atoms with Crippen molar-refractivity contribution in [3.05, 3.63) is 29.8 Å². The van der Waals surface area contributed by atoms with Gasteiger partial charge in [-0.3, -0.25) is 4.79 Å². The molecule has 1 aromatic rings. The molecule has 0 atom stereocenters. The second-order valence-electron chi connectivity index (χ2n) is 4.14. The van der Waals surface area contributed by atoms with Gasteiger partial charge in [0.15, 0.2) is 0 Å². The molecule has 4 heteroatoms. The Hall–Kier alpha value is -1.55. The number of rotatable bonds is 9. The van der Waals surface area contributed by atoms with Crippen LogP contribution in [-0.4, -0.2) is 30.8 Å². The van der Waals surface area contributed by atoms with Gasteiger partial charge in [0.1, 0.15) is 5.75 Å². The van der Waals surface area contributed by atoms with Crippen LogP contribution in [0, 0.1) is 0 Å². The van der Waals surface area contributed by atoms with Crippen LogP contribution < -0.4 is 10.1 Å². The molecule has 0 aliphatic rings. The molecule has 0 saturated heterocycles. The van der Waals surface area contributed by atoms with Gasteiger partial charge in [-0.15, -0.1) is 0 Å². The van der Waals surface area contributed by atoms with Crippen molar-refractivity contribution < 1.29 is 14.6 Å². The Bertz CT molecular complexity index is 366. The summed E-state index contributed by atoms with van der Waals surface area (Å²) in [6.07, 6.45) is 2.05. The molecule has 0 bridgehead atoms. The van der Waals surface area contributed by atoms with Crippen molar-refractivity contribution in [2.45, 2.75) is 26.2 Å². The smallest absolute Gasteiger partial charge is 0.304 e. The third-order valence-corrected chi connectivity index (χ3v) is 2.48. The van der Waals surface area contributed by atoms with E-state index in [0.717, 1.165) is 31.7 Å². The molecule has 18 heavy (non-hydrogen) atoms. The van der Waals surface area contributed by atoms with E-state index in [-0.39, 0.29) is 6.42 Å². The lowest BCUT2D eigenvalue weighted by Gasteiger charge is -2.07. The van der Waals surface area contributed by atoms with E-state index < -0.39 is 5.97 Å². The summed E-state index contributed by atoms with van der Waals surface area (Å²) in [5.41, 5.74) is 1.20. The van der Waals surface area contributed by atoms with Crippen LogP contribution in [0.25, 0.3) is 0 Å². The second kappa shape index (κ2) is 8.53. The molecule has 0 radical (unpaired) electrons. The maximum absolute atomic E-state index is 10.3. The highest BCUT2D eigenvalue weighted by Crippen LogP contribution is 2.13. The SMILES string of the molecule is CCCOc1cccc(CCNCCC(=O)O)c1. The van der Waals surface area contributed by atoms with E-state index in [1.165, 1.54) is 5.56 Å². The summed E-state index contributed by atoms with van der Waals surface area (Å²) in [5, 5.41) is 11.6. The monoisotopic (exact) mass is 251 g/mol. The van der Waals surface area contributed by atoms with Crippen molar-refractivity contribution in [1.29, 1.82) is 0 Å². The minimum absolute atomic E-state index is 0.166. The molecule has 0 unspecified atom stereocenters. The summed E-state index contributed by atoms with van der Waals surface area (Å²) < 4.78 is 5.56. The third kappa shape index (κ3) is 6.25. The van der Waals surface area contributed by atoms with Gasteiger partial charge in [0.05, 0.1) is 13.0 Å². The fourth-order valence-corrected chi connectivity index (χ4v) is 1.56. The Morgan fingerprint density at radius 2 is 2.22 bits per heavy atom. The van der Waals surface area contributed by atoms with Crippen molar-refractivity contribution in [1.82, 2.24) is 5.32 Å². The first kappa shape index (κ1) is 14.5. The van der Waals surface area contributed by atoms with Gasteiger partial charge in [0, 0.05) is 6.54 Å². The molecular formula is C14H21NO3. The van der Waals surface area contributed by atoms with Gasteiger partial charge >= 0.3 is 5.97 Å². The maximum Gasteiger partial charge on any atom is 0.304 e. The summed E-state index contributed by atoms with van der Waals surface area (Å²) in [4.78, 5) is 10.3. The maximum atomic E-state index is 10.3. The normalized spacial score (nSPS) is 10.3. The molecule has 0 aliphatic carbocycles. The first-order chi connectivity index (χ1) is 8.72. The molecule has 4 nitrogen and oxygen atoms in total. The van der Waals surface area contributed by atoms with E-state index >= 15 is 0 Å². The fourth-order valence-electron chi connectivity index (χ4n) is 1.56. The average molecular weight is 251 g/mol. The van der Waals surface area contributed by atoms with Gasteiger partial charge in [0.25, 0.3) is 0 Å². The highest BCUT2D eigenvalue weighted by atomic mass is 16.5. The minimum atomic E-state index is -0.766. The predicted octanol–water partition coefficient (Wildman–Crippen LogP) is 2.08. The van der Waals surface area contributed by atoms with Gasteiger partial charge < -0.3 is 15.2 Å². The molecule has 1 rings (SSSR count). The van der Waals surface area contributed by atoms with Crippen molar-refractivity contribution in [3.63, 3.8) is 0 Å². The summed E-state index contributed by atoms with van der Waals surface area (Å²) in [7, 11) is 0. The van der Waals surface area contributed by atoms with Gasteiger partial charge in [-0.2, -0.15) is 0 Å². The predicted molar refractivity (Wildman–Crippen MR) is 71.1 cm³/mol. The summed E-state index contributed by atoms with van der Waals surface area (Å²) >= 11 is 0. The van der Waals surface area contributed by atoms with Gasteiger partial charge in [0.2, 0.25) is 0 Å². The number of carboxylic acid groups (broad SMARTS) is 1. The van der Waals surface area contributed by atoms with E-state index in [4.69, 9.17) is 9.84 Å². The van der Waals surface area contributed by atoms with Crippen molar-refractivity contribution >= 4 is 5.97 Å². The summed E-state index contributed by atoms with van der Waals surface area (Å²) in [5.74, 6) is 0.136. The van der Waals surface area contributed by atoms with E-state index in [2.05, 4.69) is 18.3 Å². The zero-order valence-electron chi connectivity index (χ0n) is 10.8. The van der Waals surface area contributed by atoms with Crippen LogP contribution in [0.3, 0.4) is 0 Å². The van der Waals surface area contributed by atoms with Gasteiger partial charge in [-0.25, -0.2) is 0 Å². The van der Waals surface area contributed by atoms with E-state index in [1.807, 2.05) is 18.2 Å². The molecule has 1 aromatic carbocycles. The minimum Gasteiger partial charge on any atom is -0.494 e. The van der Waals surface area contributed by atoms with E-state index in [9.17, 15) is 4.79 Å². The Balaban J connectivity index is 2.26.